The third-order valence-corrected chi connectivity index (χ3v) is 3.19. The average Bonchev–Trinajstić information content (AvgIpc) is 3.04. The van der Waals surface area contributed by atoms with Gasteiger partial charge in [0.25, 0.3) is 5.91 Å². The van der Waals surface area contributed by atoms with Crippen LogP contribution < -0.4 is 5.32 Å². The van der Waals surface area contributed by atoms with E-state index < -0.39 is 0 Å². The van der Waals surface area contributed by atoms with Gasteiger partial charge in [-0.3, -0.25) is 4.79 Å². The molecule has 0 fully saturated rings. The van der Waals surface area contributed by atoms with Crippen LogP contribution in [0, 0.1) is 6.92 Å². The molecule has 0 saturated carbocycles. The minimum Gasteiger partial charge on any atom is -0.322 e. The molecule has 0 unspecified atom stereocenters. The molecular formula is C15H13N5O. The van der Waals surface area contributed by atoms with Crippen LogP contribution in [0.3, 0.4) is 0 Å². The zero-order valence-corrected chi connectivity index (χ0v) is 11.4. The summed E-state index contributed by atoms with van der Waals surface area (Å²) in [7, 11) is 0. The van der Waals surface area contributed by atoms with Gasteiger partial charge in [-0.1, -0.05) is 24.3 Å². The Hall–Kier alpha value is -3.02. The van der Waals surface area contributed by atoms with E-state index in [1.165, 1.54) is 6.33 Å². The third-order valence-electron chi connectivity index (χ3n) is 3.19. The second-order valence-electron chi connectivity index (χ2n) is 4.52. The standard InChI is InChI=1S/C15H13N5O/c1-11-13(17-15(21)12-6-3-2-4-7-12)8-5-9-14(11)20-10-16-18-19-20/h2-10H,1H3,(H,17,21). The number of rotatable bonds is 3. The summed E-state index contributed by atoms with van der Waals surface area (Å²) in [5, 5.41) is 14.0. The van der Waals surface area contributed by atoms with Gasteiger partial charge in [0.2, 0.25) is 0 Å². The van der Waals surface area contributed by atoms with E-state index >= 15 is 0 Å². The van der Waals surface area contributed by atoms with E-state index in [0.717, 1.165) is 16.9 Å². The molecule has 0 aliphatic carbocycles. The third kappa shape index (κ3) is 2.64. The van der Waals surface area contributed by atoms with Crippen LogP contribution >= 0.6 is 0 Å². The van der Waals surface area contributed by atoms with Gasteiger partial charge < -0.3 is 5.32 Å². The average molecular weight is 279 g/mol. The maximum atomic E-state index is 12.2. The Bertz CT molecular complexity index is 753. The molecule has 0 aliphatic heterocycles. The van der Waals surface area contributed by atoms with E-state index in [9.17, 15) is 4.79 Å². The number of nitrogens with zero attached hydrogens (tertiary/aromatic N) is 4. The molecule has 0 spiro atoms. The fourth-order valence-electron chi connectivity index (χ4n) is 2.06. The summed E-state index contributed by atoms with van der Waals surface area (Å²) in [6.45, 7) is 1.91. The molecule has 0 saturated heterocycles. The topological polar surface area (TPSA) is 72.7 Å². The van der Waals surface area contributed by atoms with E-state index in [4.69, 9.17) is 0 Å². The Morgan fingerprint density at radius 3 is 2.62 bits per heavy atom. The molecule has 0 bridgehead atoms. The Labute approximate surface area is 121 Å². The van der Waals surface area contributed by atoms with Crippen LogP contribution in [-0.4, -0.2) is 26.1 Å². The predicted molar refractivity (Wildman–Crippen MR) is 78.3 cm³/mol. The molecule has 21 heavy (non-hydrogen) atoms. The van der Waals surface area contributed by atoms with Gasteiger partial charge in [0.05, 0.1) is 5.69 Å². The normalized spacial score (nSPS) is 10.3. The summed E-state index contributed by atoms with van der Waals surface area (Å²) in [6.07, 6.45) is 1.52. The van der Waals surface area contributed by atoms with Gasteiger partial charge in [-0.2, -0.15) is 0 Å². The maximum Gasteiger partial charge on any atom is 0.255 e. The molecule has 1 amide bonds. The second kappa shape index (κ2) is 5.54. The van der Waals surface area contributed by atoms with Crippen LogP contribution in [0.4, 0.5) is 5.69 Å². The van der Waals surface area contributed by atoms with Gasteiger partial charge in [-0.25, -0.2) is 4.68 Å². The molecule has 1 N–H and O–H groups in total. The van der Waals surface area contributed by atoms with Crippen LogP contribution in [0.15, 0.2) is 54.9 Å². The SMILES string of the molecule is Cc1c(NC(=O)c2ccccc2)cccc1-n1cnnn1. The van der Waals surface area contributed by atoms with E-state index in [1.807, 2.05) is 43.3 Å². The molecule has 3 aromatic rings. The quantitative estimate of drug-likeness (QED) is 0.798. The number of carbonyl (C=O) groups is 1. The number of carbonyl (C=O) groups excluding carboxylic acids is 1. The van der Waals surface area contributed by atoms with Gasteiger partial charge in [0.15, 0.2) is 0 Å². The fraction of sp³-hybridized carbons (Fsp3) is 0.0667. The van der Waals surface area contributed by atoms with Crippen molar-refractivity contribution in [1.29, 1.82) is 0 Å². The lowest BCUT2D eigenvalue weighted by molar-refractivity contribution is 0.102. The number of anilines is 1. The van der Waals surface area contributed by atoms with Gasteiger partial charge in [-0.15, -0.1) is 5.10 Å². The van der Waals surface area contributed by atoms with Crippen molar-refractivity contribution >= 4 is 11.6 Å². The summed E-state index contributed by atoms with van der Waals surface area (Å²) in [6, 6.07) is 14.7. The molecule has 1 aromatic heterocycles. The fourth-order valence-corrected chi connectivity index (χ4v) is 2.06. The second-order valence-corrected chi connectivity index (χ2v) is 4.52. The maximum absolute atomic E-state index is 12.2. The highest BCUT2D eigenvalue weighted by molar-refractivity contribution is 6.04. The largest absolute Gasteiger partial charge is 0.322 e. The van der Waals surface area contributed by atoms with Gasteiger partial charge in [0.1, 0.15) is 6.33 Å². The summed E-state index contributed by atoms with van der Waals surface area (Å²) in [4.78, 5) is 12.2. The lowest BCUT2D eigenvalue weighted by Gasteiger charge is -2.11. The number of hydrogen-bond donors (Lipinski definition) is 1. The van der Waals surface area contributed by atoms with Crippen molar-refractivity contribution in [2.75, 3.05) is 5.32 Å². The van der Waals surface area contributed by atoms with Crippen molar-refractivity contribution < 1.29 is 4.79 Å². The number of hydrogen-bond acceptors (Lipinski definition) is 4. The number of benzene rings is 2. The Kier molecular flexibility index (Phi) is 3.42. The highest BCUT2D eigenvalue weighted by Crippen LogP contribution is 2.22. The predicted octanol–water partition coefficient (Wildman–Crippen LogP) is 2.22. The van der Waals surface area contributed by atoms with Crippen LogP contribution in [0.5, 0.6) is 0 Å². The van der Waals surface area contributed by atoms with Crippen molar-refractivity contribution in [2.24, 2.45) is 0 Å². The van der Waals surface area contributed by atoms with E-state index in [2.05, 4.69) is 20.8 Å². The van der Waals surface area contributed by atoms with Crippen molar-refractivity contribution in [3.63, 3.8) is 0 Å². The molecule has 6 nitrogen and oxygen atoms in total. The van der Waals surface area contributed by atoms with Gasteiger partial charge >= 0.3 is 0 Å². The van der Waals surface area contributed by atoms with Crippen molar-refractivity contribution in [3.05, 3.63) is 66.0 Å². The summed E-state index contributed by atoms with van der Waals surface area (Å²) >= 11 is 0. The minimum absolute atomic E-state index is 0.146. The molecular weight excluding hydrogens is 266 g/mol. The molecule has 0 aliphatic rings. The first-order valence-corrected chi connectivity index (χ1v) is 6.45. The lowest BCUT2D eigenvalue weighted by atomic mass is 10.1. The van der Waals surface area contributed by atoms with Crippen molar-refractivity contribution in [1.82, 2.24) is 20.2 Å². The highest BCUT2D eigenvalue weighted by Gasteiger charge is 2.10. The minimum atomic E-state index is -0.146. The van der Waals surface area contributed by atoms with E-state index in [0.29, 0.717) is 5.56 Å². The zero-order valence-electron chi connectivity index (χ0n) is 11.4. The molecule has 1 heterocycles. The summed E-state index contributed by atoms with van der Waals surface area (Å²) in [5.41, 5.74) is 3.07. The number of aromatic nitrogens is 4. The molecule has 2 aromatic carbocycles. The summed E-state index contributed by atoms with van der Waals surface area (Å²) < 4.78 is 1.56. The first-order valence-electron chi connectivity index (χ1n) is 6.45. The van der Waals surface area contributed by atoms with Crippen LogP contribution in [0.1, 0.15) is 15.9 Å². The van der Waals surface area contributed by atoms with Crippen LogP contribution in [0.25, 0.3) is 5.69 Å². The number of amides is 1. The number of tetrazole rings is 1. The monoisotopic (exact) mass is 279 g/mol. The Morgan fingerprint density at radius 2 is 1.90 bits per heavy atom. The zero-order chi connectivity index (χ0) is 14.7. The summed E-state index contributed by atoms with van der Waals surface area (Å²) in [5.74, 6) is -0.146. The Morgan fingerprint density at radius 1 is 1.10 bits per heavy atom. The molecule has 3 rings (SSSR count). The van der Waals surface area contributed by atoms with Crippen molar-refractivity contribution in [2.45, 2.75) is 6.92 Å². The van der Waals surface area contributed by atoms with E-state index in [1.54, 1.807) is 16.8 Å². The smallest absolute Gasteiger partial charge is 0.255 e. The van der Waals surface area contributed by atoms with Gasteiger partial charge in [-0.05, 0) is 47.2 Å². The van der Waals surface area contributed by atoms with Crippen LogP contribution in [-0.2, 0) is 0 Å². The van der Waals surface area contributed by atoms with Crippen molar-refractivity contribution in [3.8, 4) is 5.69 Å². The first-order chi connectivity index (χ1) is 10.3. The lowest BCUT2D eigenvalue weighted by Crippen LogP contribution is -2.13. The molecule has 104 valence electrons. The first kappa shape index (κ1) is 13.0. The molecule has 0 radical (unpaired) electrons. The number of nitrogens with one attached hydrogen (secondary N) is 1. The van der Waals surface area contributed by atoms with E-state index in [-0.39, 0.29) is 5.91 Å². The van der Waals surface area contributed by atoms with Gasteiger partial charge in [0, 0.05) is 11.3 Å². The molecule has 0 atom stereocenters. The molecule has 6 heteroatoms. The Balaban J connectivity index is 1.90. The van der Waals surface area contributed by atoms with Crippen LogP contribution in [0.2, 0.25) is 0 Å². The highest BCUT2D eigenvalue weighted by atomic mass is 16.1.